The second kappa shape index (κ2) is 4.99. The van der Waals surface area contributed by atoms with Gasteiger partial charge in [0.1, 0.15) is 11.5 Å². The second-order valence-corrected chi connectivity index (χ2v) is 5.65. The first-order valence-electron chi connectivity index (χ1n) is 5.10. The van der Waals surface area contributed by atoms with Crippen molar-refractivity contribution in [2.24, 2.45) is 5.14 Å². The molecule has 1 unspecified atom stereocenters. The summed E-state index contributed by atoms with van der Waals surface area (Å²) in [7, 11) is -3.39. The van der Waals surface area contributed by atoms with E-state index in [0.717, 1.165) is 17.1 Å². The molecule has 0 bridgehead atoms. The van der Waals surface area contributed by atoms with Crippen LogP contribution in [0.25, 0.3) is 0 Å². The van der Waals surface area contributed by atoms with E-state index in [1.807, 2.05) is 26.8 Å². The number of nitrogens with one attached hydrogen (secondary N) is 1. The minimum absolute atomic E-state index is 0.0548. The molecule has 0 spiro atoms. The summed E-state index contributed by atoms with van der Waals surface area (Å²) in [6.45, 7) is 6.07. The molecule has 0 radical (unpaired) electrons. The highest BCUT2D eigenvalue weighted by Gasteiger charge is 2.12. The van der Waals surface area contributed by atoms with E-state index >= 15 is 0 Å². The van der Waals surface area contributed by atoms with E-state index in [4.69, 9.17) is 9.56 Å². The lowest BCUT2D eigenvalue weighted by atomic mass is 10.1. The zero-order chi connectivity index (χ0) is 12.3. The van der Waals surface area contributed by atoms with Crippen LogP contribution in [0.1, 0.15) is 30.0 Å². The van der Waals surface area contributed by atoms with Crippen molar-refractivity contribution in [3.05, 3.63) is 23.2 Å². The summed E-state index contributed by atoms with van der Waals surface area (Å²) in [5.74, 6) is 1.65. The maximum absolute atomic E-state index is 10.7. The first-order chi connectivity index (χ1) is 7.29. The Balaban J connectivity index is 2.53. The van der Waals surface area contributed by atoms with Crippen molar-refractivity contribution >= 4 is 10.0 Å². The van der Waals surface area contributed by atoms with Crippen LogP contribution in [0.5, 0.6) is 0 Å². The SMILES string of the molecule is Cc1cc(C(C)NCCS(N)(=O)=O)c(C)o1. The van der Waals surface area contributed by atoms with Gasteiger partial charge in [-0.25, -0.2) is 13.6 Å². The molecule has 0 saturated carbocycles. The van der Waals surface area contributed by atoms with Gasteiger partial charge in [-0.3, -0.25) is 0 Å². The van der Waals surface area contributed by atoms with E-state index in [-0.39, 0.29) is 11.8 Å². The zero-order valence-electron chi connectivity index (χ0n) is 9.78. The summed E-state index contributed by atoms with van der Waals surface area (Å²) in [5.41, 5.74) is 1.05. The van der Waals surface area contributed by atoms with Crippen molar-refractivity contribution < 1.29 is 12.8 Å². The minimum Gasteiger partial charge on any atom is -0.466 e. The molecular formula is C10H18N2O3S. The predicted molar refractivity (Wildman–Crippen MR) is 62.6 cm³/mol. The van der Waals surface area contributed by atoms with Crippen LogP contribution in [0.15, 0.2) is 10.5 Å². The van der Waals surface area contributed by atoms with Crippen molar-refractivity contribution in [1.29, 1.82) is 0 Å². The maximum Gasteiger partial charge on any atom is 0.210 e. The van der Waals surface area contributed by atoms with Gasteiger partial charge in [-0.05, 0) is 26.8 Å². The monoisotopic (exact) mass is 246 g/mol. The molecule has 1 heterocycles. The van der Waals surface area contributed by atoms with Gasteiger partial charge in [0.15, 0.2) is 0 Å². The molecule has 3 N–H and O–H groups in total. The summed E-state index contributed by atoms with van der Waals surface area (Å²) in [5, 5.41) is 8.00. The molecule has 1 rings (SSSR count). The highest BCUT2D eigenvalue weighted by molar-refractivity contribution is 7.89. The van der Waals surface area contributed by atoms with Gasteiger partial charge in [-0.2, -0.15) is 0 Å². The maximum atomic E-state index is 10.7. The van der Waals surface area contributed by atoms with Gasteiger partial charge < -0.3 is 9.73 Å². The summed E-state index contributed by atoms with van der Waals surface area (Å²) in [6, 6.07) is 2.00. The number of rotatable bonds is 5. The molecule has 0 aliphatic carbocycles. The van der Waals surface area contributed by atoms with Gasteiger partial charge in [-0.15, -0.1) is 0 Å². The summed E-state index contributed by atoms with van der Waals surface area (Å²) in [6.07, 6.45) is 0. The molecular weight excluding hydrogens is 228 g/mol. The smallest absolute Gasteiger partial charge is 0.210 e. The number of aryl methyl sites for hydroxylation is 2. The number of nitrogens with two attached hydrogens (primary N) is 1. The fraction of sp³-hybridized carbons (Fsp3) is 0.600. The summed E-state index contributed by atoms with van der Waals surface area (Å²) in [4.78, 5) is 0. The Morgan fingerprint density at radius 2 is 2.12 bits per heavy atom. The molecule has 92 valence electrons. The average Bonchev–Trinajstić information content (AvgIpc) is 2.43. The lowest BCUT2D eigenvalue weighted by Gasteiger charge is -2.12. The van der Waals surface area contributed by atoms with Gasteiger partial charge in [0.25, 0.3) is 0 Å². The Hall–Kier alpha value is -0.850. The van der Waals surface area contributed by atoms with Gasteiger partial charge in [0, 0.05) is 18.2 Å². The normalized spacial score (nSPS) is 14.0. The molecule has 16 heavy (non-hydrogen) atoms. The van der Waals surface area contributed by atoms with Crippen LogP contribution in [0.3, 0.4) is 0 Å². The van der Waals surface area contributed by atoms with Gasteiger partial charge >= 0.3 is 0 Å². The zero-order valence-corrected chi connectivity index (χ0v) is 10.6. The number of furan rings is 1. The van der Waals surface area contributed by atoms with Crippen molar-refractivity contribution in [2.75, 3.05) is 12.3 Å². The number of hydrogen-bond acceptors (Lipinski definition) is 4. The lowest BCUT2D eigenvalue weighted by Crippen LogP contribution is -2.29. The second-order valence-electron chi connectivity index (χ2n) is 3.91. The number of hydrogen-bond donors (Lipinski definition) is 2. The Bertz CT molecular complexity index is 451. The standard InChI is InChI=1S/C10H18N2O3S/c1-7-6-10(9(3)15-7)8(2)12-4-5-16(11,13)14/h6,8,12H,4-5H2,1-3H3,(H2,11,13,14). The first-order valence-corrected chi connectivity index (χ1v) is 6.82. The molecule has 0 aliphatic rings. The Kier molecular flexibility index (Phi) is 4.12. The number of sulfonamides is 1. The van der Waals surface area contributed by atoms with E-state index in [9.17, 15) is 8.42 Å². The lowest BCUT2D eigenvalue weighted by molar-refractivity contribution is 0.492. The van der Waals surface area contributed by atoms with Crippen LogP contribution in [0, 0.1) is 13.8 Å². The van der Waals surface area contributed by atoms with E-state index in [1.165, 1.54) is 0 Å². The van der Waals surface area contributed by atoms with Crippen LogP contribution in [0.2, 0.25) is 0 Å². The molecule has 6 heteroatoms. The highest BCUT2D eigenvalue weighted by Crippen LogP contribution is 2.20. The van der Waals surface area contributed by atoms with Crippen LogP contribution < -0.4 is 10.5 Å². The van der Waals surface area contributed by atoms with E-state index < -0.39 is 10.0 Å². The van der Waals surface area contributed by atoms with Crippen molar-refractivity contribution in [1.82, 2.24) is 5.32 Å². The largest absolute Gasteiger partial charge is 0.466 e. The van der Waals surface area contributed by atoms with Crippen molar-refractivity contribution in [3.63, 3.8) is 0 Å². The van der Waals surface area contributed by atoms with E-state index in [0.29, 0.717) is 6.54 Å². The summed E-state index contributed by atoms with van der Waals surface area (Å²) < 4.78 is 26.9. The van der Waals surface area contributed by atoms with E-state index in [1.54, 1.807) is 0 Å². The molecule has 1 aromatic heterocycles. The highest BCUT2D eigenvalue weighted by atomic mass is 32.2. The molecule has 0 saturated heterocycles. The average molecular weight is 246 g/mol. The molecule has 5 nitrogen and oxygen atoms in total. The molecule has 1 atom stereocenters. The van der Waals surface area contributed by atoms with Crippen molar-refractivity contribution in [3.8, 4) is 0 Å². The van der Waals surface area contributed by atoms with Crippen molar-refractivity contribution in [2.45, 2.75) is 26.8 Å². The van der Waals surface area contributed by atoms with Gasteiger partial charge in [-0.1, -0.05) is 0 Å². The topological polar surface area (TPSA) is 85.3 Å². The summed E-state index contributed by atoms with van der Waals surface area (Å²) >= 11 is 0. The Labute approximate surface area is 96.1 Å². The van der Waals surface area contributed by atoms with Crippen LogP contribution in [-0.2, 0) is 10.0 Å². The number of primary sulfonamides is 1. The van der Waals surface area contributed by atoms with Gasteiger partial charge in [0.2, 0.25) is 10.0 Å². The van der Waals surface area contributed by atoms with E-state index in [2.05, 4.69) is 5.32 Å². The van der Waals surface area contributed by atoms with Crippen LogP contribution in [-0.4, -0.2) is 20.7 Å². The fourth-order valence-corrected chi connectivity index (χ4v) is 2.01. The van der Waals surface area contributed by atoms with Gasteiger partial charge in [0.05, 0.1) is 5.75 Å². The molecule has 0 aromatic carbocycles. The molecule has 0 amide bonds. The first kappa shape index (κ1) is 13.2. The quantitative estimate of drug-likeness (QED) is 0.806. The minimum atomic E-state index is -3.39. The third kappa shape index (κ3) is 3.96. The third-order valence-electron chi connectivity index (χ3n) is 2.38. The molecule has 0 aliphatic heterocycles. The Morgan fingerprint density at radius 1 is 1.50 bits per heavy atom. The fourth-order valence-electron chi connectivity index (χ4n) is 1.61. The molecule has 1 aromatic rings. The van der Waals surface area contributed by atoms with Crippen LogP contribution >= 0.6 is 0 Å². The van der Waals surface area contributed by atoms with Crippen LogP contribution in [0.4, 0.5) is 0 Å². The Morgan fingerprint density at radius 3 is 2.56 bits per heavy atom. The third-order valence-corrected chi connectivity index (χ3v) is 3.16. The predicted octanol–water partition coefficient (Wildman–Crippen LogP) is 0.836. The molecule has 0 fully saturated rings.